The zero-order valence-corrected chi connectivity index (χ0v) is 16.0. The van der Waals surface area contributed by atoms with Gasteiger partial charge in [0.2, 0.25) is 0 Å². The molecular weight excluding hydrogens is 350 g/mol. The Balaban J connectivity index is 1.47. The summed E-state index contributed by atoms with van der Waals surface area (Å²) in [4.78, 5) is 0. The number of para-hydroxylation sites is 2. The molecule has 0 unspecified atom stereocenters. The van der Waals surface area contributed by atoms with E-state index in [2.05, 4.69) is 5.32 Å². The van der Waals surface area contributed by atoms with Crippen molar-refractivity contribution in [1.29, 1.82) is 0 Å². The maximum absolute atomic E-state index is 11.4. The first kappa shape index (κ1) is 18.7. The first-order valence-corrected chi connectivity index (χ1v) is 10.8. The van der Waals surface area contributed by atoms with Crippen LogP contribution in [0.15, 0.2) is 48.5 Å². The van der Waals surface area contributed by atoms with E-state index in [0.29, 0.717) is 13.2 Å². The molecule has 0 amide bonds. The Bertz CT molecular complexity index is 833. The van der Waals surface area contributed by atoms with Crippen molar-refractivity contribution in [3.05, 3.63) is 59.7 Å². The Labute approximate surface area is 155 Å². The molecule has 2 atom stereocenters. The van der Waals surface area contributed by atoms with E-state index in [9.17, 15) is 8.42 Å². The van der Waals surface area contributed by atoms with Crippen LogP contribution in [0, 0.1) is 0 Å². The maximum atomic E-state index is 11.4. The van der Waals surface area contributed by atoms with E-state index in [1.54, 1.807) is 0 Å². The molecule has 0 radical (unpaired) electrons. The third-order valence-corrected chi connectivity index (χ3v) is 5.48. The SMILES string of the molecule is C[C@@H](CS(C)(=O)=O)c1ccc(CNC[C@H]2COc3ccccc3O2)cc1. The van der Waals surface area contributed by atoms with Crippen LogP contribution < -0.4 is 14.8 Å². The summed E-state index contributed by atoms with van der Waals surface area (Å²) in [6.45, 7) is 3.89. The van der Waals surface area contributed by atoms with Crippen LogP contribution in [0.1, 0.15) is 24.0 Å². The van der Waals surface area contributed by atoms with Gasteiger partial charge in [0.05, 0.1) is 5.75 Å². The summed E-state index contributed by atoms with van der Waals surface area (Å²) in [6, 6.07) is 15.8. The third kappa shape index (κ3) is 5.22. The Morgan fingerprint density at radius 1 is 1.12 bits per heavy atom. The lowest BCUT2D eigenvalue weighted by Crippen LogP contribution is -2.38. The molecule has 0 spiro atoms. The number of hydrogen-bond acceptors (Lipinski definition) is 5. The normalized spacial score (nSPS) is 17.7. The zero-order chi connectivity index (χ0) is 18.6. The van der Waals surface area contributed by atoms with Crippen molar-refractivity contribution in [2.75, 3.05) is 25.2 Å². The second kappa shape index (κ2) is 8.10. The van der Waals surface area contributed by atoms with Gasteiger partial charge < -0.3 is 14.8 Å². The van der Waals surface area contributed by atoms with Gasteiger partial charge in [0.15, 0.2) is 11.5 Å². The molecule has 0 saturated carbocycles. The highest BCUT2D eigenvalue weighted by molar-refractivity contribution is 7.90. The Morgan fingerprint density at radius 2 is 1.81 bits per heavy atom. The van der Waals surface area contributed by atoms with Gasteiger partial charge in [0.1, 0.15) is 22.5 Å². The predicted molar refractivity (Wildman–Crippen MR) is 103 cm³/mol. The van der Waals surface area contributed by atoms with E-state index in [4.69, 9.17) is 9.47 Å². The Hall–Kier alpha value is -2.05. The molecule has 3 rings (SSSR count). The fourth-order valence-electron chi connectivity index (χ4n) is 3.06. The molecule has 1 heterocycles. The second-order valence-corrected chi connectivity index (χ2v) is 9.05. The van der Waals surface area contributed by atoms with Crippen molar-refractivity contribution >= 4 is 9.84 Å². The molecule has 0 aromatic heterocycles. The molecular formula is C20H25NO4S. The van der Waals surface area contributed by atoms with Crippen LogP contribution in [0.2, 0.25) is 0 Å². The van der Waals surface area contributed by atoms with Gasteiger partial charge in [-0.2, -0.15) is 0 Å². The van der Waals surface area contributed by atoms with Gasteiger partial charge in [-0.25, -0.2) is 8.42 Å². The van der Waals surface area contributed by atoms with Crippen molar-refractivity contribution in [2.24, 2.45) is 0 Å². The molecule has 0 bridgehead atoms. The molecule has 1 aliphatic rings. The quantitative estimate of drug-likeness (QED) is 0.806. The fourth-order valence-corrected chi connectivity index (χ4v) is 4.16. The van der Waals surface area contributed by atoms with Crippen LogP contribution in [0.25, 0.3) is 0 Å². The molecule has 140 valence electrons. The molecule has 0 fully saturated rings. The van der Waals surface area contributed by atoms with Gasteiger partial charge in [-0.1, -0.05) is 43.3 Å². The van der Waals surface area contributed by atoms with E-state index >= 15 is 0 Å². The summed E-state index contributed by atoms with van der Waals surface area (Å²) in [5, 5.41) is 3.39. The monoisotopic (exact) mass is 375 g/mol. The summed E-state index contributed by atoms with van der Waals surface area (Å²) in [7, 11) is -2.97. The molecule has 26 heavy (non-hydrogen) atoms. The Morgan fingerprint density at radius 3 is 2.50 bits per heavy atom. The van der Waals surface area contributed by atoms with E-state index in [-0.39, 0.29) is 17.8 Å². The van der Waals surface area contributed by atoms with Crippen LogP contribution in [-0.2, 0) is 16.4 Å². The molecule has 2 aromatic rings. The van der Waals surface area contributed by atoms with Crippen LogP contribution in [-0.4, -0.2) is 39.7 Å². The average Bonchev–Trinajstić information content (AvgIpc) is 2.61. The predicted octanol–water partition coefficient (Wildman–Crippen LogP) is 2.76. The van der Waals surface area contributed by atoms with Crippen LogP contribution in [0.5, 0.6) is 11.5 Å². The number of ether oxygens (including phenoxy) is 2. The smallest absolute Gasteiger partial charge is 0.161 e. The largest absolute Gasteiger partial charge is 0.486 e. The number of benzene rings is 2. The van der Waals surface area contributed by atoms with Gasteiger partial charge in [-0.05, 0) is 29.2 Å². The van der Waals surface area contributed by atoms with E-state index in [1.165, 1.54) is 6.26 Å². The fraction of sp³-hybridized carbons (Fsp3) is 0.400. The lowest BCUT2D eigenvalue weighted by Gasteiger charge is -2.26. The summed E-state index contributed by atoms with van der Waals surface area (Å²) >= 11 is 0. The van der Waals surface area contributed by atoms with Gasteiger partial charge in [0.25, 0.3) is 0 Å². The van der Waals surface area contributed by atoms with Crippen LogP contribution in [0.4, 0.5) is 0 Å². The molecule has 0 aliphatic carbocycles. The summed E-state index contributed by atoms with van der Waals surface area (Å²) < 4.78 is 34.5. The first-order valence-electron chi connectivity index (χ1n) is 8.76. The molecule has 2 aromatic carbocycles. The number of hydrogen-bond donors (Lipinski definition) is 1. The highest BCUT2D eigenvalue weighted by Gasteiger charge is 2.20. The highest BCUT2D eigenvalue weighted by Crippen LogP contribution is 2.30. The summed E-state index contributed by atoms with van der Waals surface area (Å²) in [6.07, 6.45) is 1.26. The molecule has 5 nitrogen and oxygen atoms in total. The Kier molecular flexibility index (Phi) is 5.84. The average molecular weight is 375 g/mol. The summed E-state index contributed by atoms with van der Waals surface area (Å²) in [5.74, 6) is 1.75. The number of sulfone groups is 1. The van der Waals surface area contributed by atoms with Crippen molar-refractivity contribution in [1.82, 2.24) is 5.32 Å². The molecule has 1 N–H and O–H groups in total. The standard InChI is InChI=1S/C20H25NO4S/c1-15(14-26(2,22)23)17-9-7-16(8-10-17)11-21-12-18-13-24-19-5-3-4-6-20(19)25-18/h3-10,15,18,21H,11-14H2,1-2H3/t15-,18-/m0/s1. The van der Waals surface area contributed by atoms with Crippen molar-refractivity contribution in [3.8, 4) is 11.5 Å². The van der Waals surface area contributed by atoms with Gasteiger partial charge >= 0.3 is 0 Å². The van der Waals surface area contributed by atoms with E-state index in [1.807, 2.05) is 55.5 Å². The topological polar surface area (TPSA) is 64.6 Å². The number of nitrogens with one attached hydrogen (secondary N) is 1. The second-order valence-electron chi connectivity index (χ2n) is 6.86. The molecule has 0 saturated heterocycles. The first-order chi connectivity index (χ1) is 12.4. The minimum absolute atomic E-state index is 0.000125. The minimum Gasteiger partial charge on any atom is -0.486 e. The van der Waals surface area contributed by atoms with Crippen LogP contribution in [0.3, 0.4) is 0 Å². The van der Waals surface area contributed by atoms with Gasteiger partial charge in [-0.15, -0.1) is 0 Å². The van der Waals surface area contributed by atoms with E-state index < -0.39 is 9.84 Å². The highest BCUT2D eigenvalue weighted by atomic mass is 32.2. The lowest BCUT2D eigenvalue weighted by atomic mass is 10.0. The van der Waals surface area contributed by atoms with E-state index in [0.717, 1.165) is 29.2 Å². The third-order valence-electron chi connectivity index (χ3n) is 4.37. The van der Waals surface area contributed by atoms with Gasteiger partial charge in [-0.3, -0.25) is 0 Å². The minimum atomic E-state index is -2.97. The lowest BCUT2D eigenvalue weighted by molar-refractivity contribution is 0.0902. The van der Waals surface area contributed by atoms with Crippen molar-refractivity contribution in [3.63, 3.8) is 0 Å². The summed E-state index contributed by atoms with van der Waals surface area (Å²) in [5.41, 5.74) is 2.19. The zero-order valence-electron chi connectivity index (χ0n) is 15.1. The van der Waals surface area contributed by atoms with Crippen molar-refractivity contribution < 1.29 is 17.9 Å². The van der Waals surface area contributed by atoms with Crippen molar-refractivity contribution in [2.45, 2.75) is 25.5 Å². The number of rotatable bonds is 7. The molecule has 6 heteroatoms. The number of fused-ring (bicyclic) bond motifs is 1. The maximum Gasteiger partial charge on any atom is 0.161 e. The van der Waals surface area contributed by atoms with Gasteiger partial charge in [0, 0.05) is 19.3 Å². The molecule has 1 aliphatic heterocycles. The van der Waals surface area contributed by atoms with Crippen LogP contribution >= 0.6 is 0 Å².